The number of hydrogen-bond acceptors (Lipinski definition) is 5. The van der Waals surface area contributed by atoms with Crippen molar-refractivity contribution < 1.29 is 14.3 Å². The van der Waals surface area contributed by atoms with Crippen LogP contribution >= 0.6 is 11.3 Å². The van der Waals surface area contributed by atoms with Crippen molar-refractivity contribution in [3.05, 3.63) is 83.1 Å². The zero-order valence-corrected chi connectivity index (χ0v) is 17.7. The molecule has 154 valence electrons. The van der Waals surface area contributed by atoms with Gasteiger partial charge in [-0.2, -0.15) is 0 Å². The number of carbonyl (C=O) groups is 1. The van der Waals surface area contributed by atoms with E-state index in [1.807, 2.05) is 70.7 Å². The Balaban J connectivity index is 1.51. The summed E-state index contributed by atoms with van der Waals surface area (Å²) in [5, 5.41) is 5.15. The van der Waals surface area contributed by atoms with Crippen molar-refractivity contribution >= 4 is 22.2 Å². The van der Waals surface area contributed by atoms with Crippen LogP contribution < -0.4 is 14.8 Å². The molecule has 1 atom stereocenters. The molecule has 2 aromatic carbocycles. The number of rotatable bonds is 8. The largest absolute Gasteiger partial charge is 0.497 e. The first-order chi connectivity index (χ1) is 14.6. The summed E-state index contributed by atoms with van der Waals surface area (Å²) in [5.41, 5.74) is 2.89. The number of nitrogens with zero attached hydrogens (tertiary/aromatic N) is 2. The predicted molar refractivity (Wildman–Crippen MR) is 117 cm³/mol. The number of carbonyl (C=O) groups excluding carboxylic acids is 1. The Hall–Kier alpha value is -3.32. The summed E-state index contributed by atoms with van der Waals surface area (Å²) in [6.45, 7) is 0. The first-order valence-electron chi connectivity index (χ1n) is 9.62. The summed E-state index contributed by atoms with van der Waals surface area (Å²) in [6, 6.07) is 15.5. The number of amides is 1. The molecule has 7 heteroatoms. The molecule has 0 aliphatic heterocycles. The van der Waals surface area contributed by atoms with Gasteiger partial charge in [0.2, 0.25) is 5.91 Å². The van der Waals surface area contributed by atoms with Crippen LogP contribution in [-0.2, 0) is 17.6 Å². The molecule has 30 heavy (non-hydrogen) atoms. The van der Waals surface area contributed by atoms with Crippen molar-refractivity contribution in [3.63, 3.8) is 0 Å². The number of benzene rings is 2. The summed E-state index contributed by atoms with van der Waals surface area (Å²) in [5.74, 6) is 1.53. The van der Waals surface area contributed by atoms with Gasteiger partial charge in [0.15, 0.2) is 4.96 Å². The van der Waals surface area contributed by atoms with Crippen molar-refractivity contribution in [2.75, 3.05) is 14.2 Å². The van der Waals surface area contributed by atoms with Crippen molar-refractivity contribution in [1.29, 1.82) is 0 Å². The number of aromatic nitrogens is 2. The van der Waals surface area contributed by atoms with E-state index in [1.165, 1.54) is 0 Å². The Bertz CT molecular complexity index is 1090. The second kappa shape index (κ2) is 9.00. The van der Waals surface area contributed by atoms with Crippen LogP contribution in [0.25, 0.3) is 4.96 Å². The molecular weight excluding hydrogens is 398 g/mol. The fourth-order valence-electron chi connectivity index (χ4n) is 3.36. The maximum atomic E-state index is 12.8. The third-order valence-corrected chi connectivity index (χ3v) is 5.71. The zero-order chi connectivity index (χ0) is 20.9. The van der Waals surface area contributed by atoms with E-state index < -0.39 is 0 Å². The van der Waals surface area contributed by atoms with Crippen molar-refractivity contribution in [3.8, 4) is 11.5 Å². The molecular formula is C23H23N3O3S. The predicted octanol–water partition coefficient (Wildman–Crippen LogP) is 4.06. The smallest absolute Gasteiger partial charge is 0.226 e. The van der Waals surface area contributed by atoms with Crippen LogP contribution in [0.5, 0.6) is 11.5 Å². The number of thiazole rings is 1. The van der Waals surface area contributed by atoms with Crippen LogP contribution in [0, 0.1) is 0 Å². The van der Waals surface area contributed by atoms with E-state index >= 15 is 0 Å². The van der Waals surface area contributed by atoms with Gasteiger partial charge in [-0.1, -0.05) is 24.3 Å². The Morgan fingerprint density at radius 3 is 2.37 bits per heavy atom. The molecule has 2 heterocycles. The Morgan fingerprint density at radius 2 is 1.73 bits per heavy atom. The molecule has 0 bridgehead atoms. The highest BCUT2D eigenvalue weighted by Gasteiger charge is 2.17. The van der Waals surface area contributed by atoms with Crippen LogP contribution in [0.2, 0.25) is 0 Å². The van der Waals surface area contributed by atoms with Gasteiger partial charge >= 0.3 is 0 Å². The standard InChI is InChI=1S/C23H23N3O3S/c1-28-19-7-3-16(4-8-19)13-21(17-5-9-20(29-2)10-6-17)25-22(27)14-18-15-26-11-12-30-23(26)24-18/h3-12,15,21H,13-14H2,1-2H3,(H,25,27)/t21-/m1/s1. The van der Waals surface area contributed by atoms with Gasteiger partial charge in [0, 0.05) is 17.8 Å². The molecule has 0 unspecified atom stereocenters. The van der Waals surface area contributed by atoms with Gasteiger partial charge in [0.05, 0.1) is 32.4 Å². The Kier molecular flexibility index (Phi) is 5.99. The molecule has 1 N–H and O–H groups in total. The van der Waals surface area contributed by atoms with E-state index in [-0.39, 0.29) is 18.4 Å². The van der Waals surface area contributed by atoms with Gasteiger partial charge in [-0.05, 0) is 41.8 Å². The van der Waals surface area contributed by atoms with Gasteiger partial charge in [-0.3, -0.25) is 9.20 Å². The maximum Gasteiger partial charge on any atom is 0.226 e. The highest BCUT2D eigenvalue weighted by atomic mass is 32.1. The van der Waals surface area contributed by atoms with Gasteiger partial charge in [-0.15, -0.1) is 11.3 Å². The van der Waals surface area contributed by atoms with E-state index in [0.29, 0.717) is 6.42 Å². The molecule has 0 fully saturated rings. The van der Waals surface area contributed by atoms with Crippen molar-refractivity contribution in [2.45, 2.75) is 18.9 Å². The minimum Gasteiger partial charge on any atom is -0.497 e. The summed E-state index contributed by atoms with van der Waals surface area (Å²) < 4.78 is 12.4. The fourth-order valence-corrected chi connectivity index (χ4v) is 4.08. The maximum absolute atomic E-state index is 12.8. The molecule has 0 aliphatic carbocycles. The van der Waals surface area contributed by atoms with E-state index in [1.54, 1.807) is 25.6 Å². The zero-order valence-electron chi connectivity index (χ0n) is 16.9. The quantitative estimate of drug-likeness (QED) is 0.466. The lowest BCUT2D eigenvalue weighted by Gasteiger charge is -2.20. The highest BCUT2D eigenvalue weighted by Crippen LogP contribution is 2.23. The summed E-state index contributed by atoms with van der Waals surface area (Å²) in [4.78, 5) is 18.2. The lowest BCUT2D eigenvalue weighted by atomic mass is 9.98. The second-order valence-corrected chi connectivity index (χ2v) is 7.82. The average molecular weight is 422 g/mol. The third kappa shape index (κ3) is 4.63. The lowest BCUT2D eigenvalue weighted by molar-refractivity contribution is -0.121. The van der Waals surface area contributed by atoms with Crippen LogP contribution in [0.4, 0.5) is 0 Å². The molecule has 1 amide bonds. The monoisotopic (exact) mass is 421 g/mol. The average Bonchev–Trinajstić information content (AvgIpc) is 3.35. The SMILES string of the molecule is COc1ccc(C[C@@H](NC(=O)Cc2cn3ccsc3n2)c2ccc(OC)cc2)cc1. The van der Waals surface area contributed by atoms with E-state index in [0.717, 1.165) is 33.3 Å². The molecule has 0 radical (unpaired) electrons. The molecule has 0 spiro atoms. The summed E-state index contributed by atoms with van der Waals surface area (Å²) in [7, 11) is 3.29. The molecule has 4 aromatic rings. The number of ether oxygens (including phenoxy) is 2. The number of nitrogens with one attached hydrogen (secondary N) is 1. The summed E-state index contributed by atoms with van der Waals surface area (Å²) >= 11 is 1.55. The Labute approximate surface area is 179 Å². The van der Waals surface area contributed by atoms with E-state index in [2.05, 4.69) is 10.3 Å². The number of imidazole rings is 1. The van der Waals surface area contributed by atoms with Crippen molar-refractivity contribution in [1.82, 2.24) is 14.7 Å². The molecule has 0 saturated heterocycles. The van der Waals surface area contributed by atoms with Gasteiger partial charge in [0.1, 0.15) is 11.5 Å². The molecule has 2 aromatic heterocycles. The third-order valence-electron chi connectivity index (χ3n) is 4.94. The number of hydrogen-bond donors (Lipinski definition) is 1. The molecule has 4 rings (SSSR count). The summed E-state index contributed by atoms with van der Waals surface area (Å²) in [6.07, 6.45) is 4.75. The van der Waals surface area contributed by atoms with Crippen molar-refractivity contribution in [2.24, 2.45) is 0 Å². The lowest BCUT2D eigenvalue weighted by Crippen LogP contribution is -2.31. The van der Waals surface area contributed by atoms with Crippen LogP contribution in [-0.4, -0.2) is 29.5 Å². The van der Waals surface area contributed by atoms with Crippen LogP contribution in [0.15, 0.2) is 66.3 Å². The topological polar surface area (TPSA) is 64.9 Å². The van der Waals surface area contributed by atoms with E-state index in [4.69, 9.17) is 9.47 Å². The van der Waals surface area contributed by atoms with Gasteiger partial charge in [0.25, 0.3) is 0 Å². The molecule has 6 nitrogen and oxygen atoms in total. The second-order valence-electron chi connectivity index (χ2n) is 6.95. The highest BCUT2D eigenvalue weighted by molar-refractivity contribution is 7.15. The number of fused-ring (bicyclic) bond motifs is 1. The molecule has 0 aliphatic rings. The minimum atomic E-state index is -0.166. The van der Waals surface area contributed by atoms with Crippen LogP contribution in [0.1, 0.15) is 22.9 Å². The first-order valence-corrected chi connectivity index (χ1v) is 10.5. The Morgan fingerprint density at radius 1 is 1.07 bits per heavy atom. The van der Waals surface area contributed by atoms with E-state index in [9.17, 15) is 4.79 Å². The minimum absolute atomic E-state index is 0.0601. The number of methoxy groups -OCH3 is 2. The van der Waals surface area contributed by atoms with Crippen LogP contribution in [0.3, 0.4) is 0 Å². The van der Waals surface area contributed by atoms with Gasteiger partial charge < -0.3 is 14.8 Å². The fraction of sp³-hybridized carbons (Fsp3) is 0.217. The normalized spacial score (nSPS) is 11.9. The molecule has 0 saturated carbocycles. The van der Waals surface area contributed by atoms with Gasteiger partial charge in [-0.25, -0.2) is 4.98 Å². The first kappa shape index (κ1) is 20.0.